The molecule has 2 unspecified atom stereocenters. The summed E-state index contributed by atoms with van der Waals surface area (Å²) in [7, 11) is 4.53. The minimum atomic E-state index is -0.850. The van der Waals surface area contributed by atoms with E-state index >= 15 is 0 Å². The summed E-state index contributed by atoms with van der Waals surface area (Å²) in [6.45, 7) is 0. The molecule has 2 aliphatic rings. The lowest BCUT2D eigenvalue weighted by atomic mass is 9.73. The lowest BCUT2D eigenvalue weighted by Gasteiger charge is -2.34. The SMILES string of the molecule is COc1cc(C2CC(=O)C3=C(C2)OC(N)=C(C#N)C3c2cccc([N+](=O)[O-])c2)cc(OC)c1OC. The van der Waals surface area contributed by atoms with E-state index in [9.17, 15) is 20.2 Å². The van der Waals surface area contributed by atoms with Crippen molar-refractivity contribution in [1.82, 2.24) is 0 Å². The number of allylic oxidation sites excluding steroid dienone is 3. The number of carbonyl (C=O) groups excluding carboxylic acids is 1. The van der Waals surface area contributed by atoms with Crippen molar-refractivity contribution in [3.05, 3.63) is 80.4 Å². The summed E-state index contributed by atoms with van der Waals surface area (Å²) in [5.41, 5.74) is 7.48. The Balaban J connectivity index is 1.79. The molecule has 2 aromatic rings. The predicted molar refractivity (Wildman–Crippen MR) is 124 cm³/mol. The summed E-state index contributed by atoms with van der Waals surface area (Å²) in [5.74, 6) is 0.204. The number of hydrogen-bond donors (Lipinski definition) is 1. The zero-order valence-electron chi connectivity index (χ0n) is 19.4. The first kappa shape index (κ1) is 23.6. The third-order valence-electron chi connectivity index (χ3n) is 6.23. The molecule has 0 saturated heterocycles. The average Bonchev–Trinajstić information content (AvgIpc) is 2.86. The summed E-state index contributed by atoms with van der Waals surface area (Å²) >= 11 is 0. The smallest absolute Gasteiger partial charge is 0.269 e. The fraction of sp³-hybridized carbons (Fsp3) is 0.280. The molecule has 0 bridgehead atoms. The lowest BCUT2D eigenvalue weighted by molar-refractivity contribution is -0.384. The molecule has 0 radical (unpaired) electrons. The molecule has 1 aliphatic heterocycles. The lowest BCUT2D eigenvalue weighted by Crippen LogP contribution is -2.30. The van der Waals surface area contributed by atoms with Crippen molar-refractivity contribution >= 4 is 11.5 Å². The number of ketones is 1. The van der Waals surface area contributed by atoms with Crippen LogP contribution >= 0.6 is 0 Å². The first-order valence-corrected chi connectivity index (χ1v) is 10.7. The van der Waals surface area contributed by atoms with Gasteiger partial charge in [0, 0.05) is 30.5 Å². The van der Waals surface area contributed by atoms with E-state index in [0.29, 0.717) is 40.6 Å². The maximum Gasteiger partial charge on any atom is 0.269 e. The predicted octanol–water partition coefficient (Wildman–Crippen LogP) is 3.83. The Morgan fingerprint density at radius 3 is 2.34 bits per heavy atom. The highest BCUT2D eigenvalue weighted by molar-refractivity contribution is 6.00. The van der Waals surface area contributed by atoms with Crippen LogP contribution in [0.3, 0.4) is 0 Å². The van der Waals surface area contributed by atoms with Gasteiger partial charge in [-0.3, -0.25) is 14.9 Å². The van der Waals surface area contributed by atoms with Crippen LogP contribution in [-0.2, 0) is 9.53 Å². The number of methoxy groups -OCH3 is 3. The molecule has 2 aromatic carbocycles. The van der Waals surface area contributed by atoms with Crippen molar-refractivity contribution in [3.8, 4) is 23.3 Å². The molecule has 1 aliphatic carbocycles. The molecule has 1 heterocycles. The van der Waals surface area contributed by atoms with Crippen LogP contribution in [0.1, 0.15) is 35.8 Å². The van der Waals surface area contributed by atoms with Gasteiger partial charge in [0.1, 0.15) is 17.4 Å². The number of carbonyl (C=O) groups is 1. The Morgan fingerprint density at radius 2 is 1.77 bits per heavy atom. The number of Topliss-reactive ketones (excluding diaryl/α,β-unsaturated/α-hetero) is 1. The summed E-state index contributed by atoms with van der Waals surface area (Å²) in [6.07, 6.45) is 0.454. The van der Waals surface area contributed by atoms with Crippen molar-refractivity contribution in [2.24, 2.45) is 5.73 Å². The standard InChI is InChI=1S/C25H23N3O7/c1-32-20-10-15(11-21(33-2)24(20)34-3)14-8-18(29)23-19(9-14)35-25(27)17(12-26)22(23)13-5-4-6-16(7-13)28(30)31/h4-7,10-11,14,22H,8-9,27H2,1-3H3. The van der Waals surface area contributed by atoms with Gasteiger partial charge >= 0.3 is 0 Å². The van der Waals surface area contributed by atoms with Gasteiger partial charge in [0.15, 0.2) is 17.3 Å². The molecule has 2 N–H and O–H groups in total. The van der Waals surface area contributed by atoms with E-state index in [0.717, 1.165) is 5.56 Å². The second-order valence-corrected chi connectivity index (χ2v) is 8.10. The van der Waals surface area contributed by atoms with Crippen LogP contribution in [0.2, 0.25) is 0 Å². The minimum absolute atomic E-state index is 0.0452. The number of nitro benzene ring substituents is 1. The molecule has 0 aromatic heterocycles. The van der Waals surface area contributed by atoms with Crippen molar-refractivity contribution in [3.63, 3.8) is 0 Å². The molecule has 180 valence electrons. The Morgan fingerprint density at radius 1 is 1.09 bits per heavy atom. The number of non-ortho nitro benzene ring substituents is 1. The minimum Gasteiger partial charge on any atom is -0.493 e. The van der Waals surface area contributed by atoms with Crippen LogP contribution in [-0.4, -0.2) is 32.0 Å². The normalized spacial score (nSPS) is 19.4. The van der Waals surface area contributed by atoms with Gasteiger partial charge in [-0.05, 0) is 29.2 Å². The van der Waals surface area contributed by atoms with Gasteiger partial charge in [0.25, 0.3) is 5.69 Å². The van der Waals surface area contributed by atoms with E-state index in [4.69, 9.17) is 24.7 Å². The molecule has 0 fully saturated rings. The van der Waals surface area contributed by atoms with E-state index in [1.807, 2.05) is 6.07 Å². The van der Waals surface area contributed by atoms with Gasteiger partial charge < -0.3 is 24.7 Å². The number of hydrogen-bond acceptors (Lipinski definition) is 9. The number of benzene rings is 2. The molecule has 0 saturated carbocycles. The second kappa shape index (κ2) is 9.38. The van der Waals surface area contributed by atoms with Gasteiger partial charge in [-0.25, -0.2) is 0 Å². The largest absolute Gasteiger partial charge is 0.493 e. The Hall–Kier alpha value is -4.52. The molecule has 4 rings (SSSR count). The van der Waals surface area contributed by atoms with Gasteiger partial charge in [-0.1, -0.05) is 12.1 Å². The molecular weight excluding hydrogens is 454 g/mol. The van der Waals surface area contributed by atoms with Crippen LogP contribution < -0.4 is 19.9 Å². The fourth-order valence-electron chi connectivity index (χ4n) is 4.63. The van der Waals surface area contributed by atoms with E-state index in [-0.39, 0.29) is 35.3 Å². The van der Waals surface area contributed by atoms with E-state index < -0.39 is 10.8 Å². The Labute approximate surface area is 201 Å². The van der Waals surface area contributed by atoms with Gasteiger partial charge in [-0.2, -0.15) is 5.26 Å². The molecule has 35 heavy (non-hydrogen) atoms. The monoisotopic (exact) mass is 477 g/mol. The van der Waals surface area contributed by atoms with Crippen LogP contribution in [0.15, 0.2) is 59.2 Å². The number of nitrogens with two attached hydrogens (primary N) is 1. The zero-order chi connectivity index (χ0) is 25.3. The first-order chi connectivity index (χ1) is 16.8. The quantitative estimate of drug-likeness (QED) is 0.484. The third kappa shape index (κ3) is 4.12. The highest BCUT2D eigenvalue weighted by Gasteiger charge is 2.41. The maximum atomic E-state index is 13.5. The average molecular weight is 477 g/mol. The van der Waals surface area contributed by atoms with E-state index in [1.54, 1.807) is 18.2 Å². The number of ether oxygens (including phenoxy) is 4. The summed E-state index contributed by atoms with van der Waals surface area (Å²) in [6, 6.07) is 11.4. The van der Waals surface area contributed by atoms with Crippen molar-refractivity contribution in [2.75, 3.05) is 21.3 Å². The molecule has 0 spiro atoms. The fourth-order valence-corrected chi connectivity index (χ4v) is 4.63. The second-order valence-electron chi connectivity index (χ2n) is 8.10. The number of nitriles is 1. The molecule has 2 atom stereocenters. The molecule has 10 heteroatoms. The third-order valence-corrected chi connectivity index (χ3v) is 6.23. The molecular formula is C25H23N3O7. The highest BCUT2D eigenvalue weighted by atomic mass is 16.6. The van der Waals surface area contributed by atoms with E-state index in [1.165, 1.54) is 39.5 Å². The van der Waals surface area contributed by atoms with Crippen LogP contribution in [0.4, 0.5) is 5.69 Å². The summed E-state index contributed by atoms with van der Waals surface area (Å²) < 4.78 is 22.0. The summed E-state index contributed by atoms with van der Waals surface area (Å²) in [4.78, 5) is 24.3. The molecule has 10 nitrogen and oxygen atoms in total. The highest BCUT2D eigenvalue weighted by Crippen LogP contribution is 2.49. The van der Waals surface area contributed by atoms with E-state index in [2.05, 4.69) is 0 Å². The van der Waals surface area contributed by atoms with Crippen LogP contribution in [0.25, 0.3) is 0 Å². The van der Waals surface area contributed by atoms with Crippen LogP contribution in [0, 0.1) is 21.4 Å². The maximum absolute atomic E-state index is 13.5. The Bertz CT molecular complexity index is 1300. The number of nitro groups is 1. The van der Waals surface area contributed by atoms with Gasteiger partial charge in [0.05, 0.1) is 32.2 Å². The van der Waals surface area contributed by atoms with Crippen molar-refractivity contribution < 1.29 is 28.7 Å². The summed E-state index contributed by atoms with van der Waals surface area (Å²) in [5, 5.41) is 21.1. The van der Waals surface area contributed by atoms with Crippen molar-refractivity contribution in [1.29, 1.82) is 5.26 Å². The van der Waals surface area contributed by atoms with Crippen molar-refractivity contribution in [2.45, 2.75) is 24.7 Å². The van der Waals surface area contributed by atoms with Gasteiger partial charge in [-0.15, -0.1) is 0 Å². The van der Waals surface area contributed by atoms with Crippen LogP contribution in [0.5, 0.6) is 17.2 Å². The zero-order valence-corrected chi connectivity index (χ0v) is 19.4. The number of rotatable bonds is 6. The number of nitrogens with zero attached hydrogens (tertiary/aromatic N) is 2. The molecule has 0 amide bonds. The Kier molecular flexibility index (Phi) is 6.34. The van der Waals surface area contributed by atoms with Gasteiger partial charge in [0.2, 0.25) is 11.6 Å². The first-order valence-electron chi connectivity index (χ1n) is 10.7. The topological polar surface area (TPSA) is 147 Å².